The van der Waals surface area contributed by atoms with Crippen molar-refractivity contribution in [3.05, 3.63) is 22.7 Å². The largest absolute Gasteiger partial charge is 0.397 e. The Morgan fingerprint density at radius 2 is 2.18 bits per heavy atom. The molecule has 94 valence electrons. The fourth-order valence-electron chi connectivity index (χ4n) is 2.68. The van der Waals surface area contributed by atoms with Crippen LogP contribution in [0, 0.1) is 0 Å². The Hall–Kier alpha value is -0.700. The van der Waals surface area contributed by atoms with Crippen LogP contribution in [-0.4, -0.2) is 12.6 Å². The van der Waals surface area contributed by atoms with E-state index in [9.17, 15) is 0 Å². The quantitative estimate of drug-likeness (QED) is 0.829. The molecule has 0 aromatic heterocycles. The van der Waals surface area contributed by atoms with Gasteiger partial charge in [-0.2, -0.15) is 0 Å². The van der Waals surface area contributed by atoms with Gasteiger partial charge in [-0.05, 0) is 37.5 Å². The first kappa shape index (κ1) is 12.7. The van der Waals surface area contributed by atoms with Gasteiger partial charge in [0.1, 0.15) is 0 Å². The number of nitrogens with two attached hydrogens (primary N) is 1. The molecular formula is C14H21BrN2. The van der Waals surface area contributed by atoms with Crippen LogP contribution in [0.25, 0.3) is 0 Å². The molecule has 0 spiro atoms. The Bertz CT molecular complexity index is 378. The first-order valence-electron chi connectivity index (χ1n) is 6.54. The molecule has 17 heavy (non-hydrogen) atoms. The highest BCUT2D eigenvalue weighted by molar-refractivity contribution is 9.10. The summed E-state index contributed by atoms with van der Waals surface area (Å²) in [6.45, 7) is 3.41. The normalized spacial score (nSPS) is 21.3. The Labute approximate surface area is 112 Å². The Morgan fingerprint density at radius 1 is 1.35 bits per heavy atom. The monoisotopic (exact) mass is 296 g/mol. The molecule has 1 atom stereocenters. The van der Waals surface area contributed by atoms with Crippen molar-refractivity contribution in [2.24, 2.45) is 0 Å². The number of halogens is 1. The summed E-state index contributed by atoms with van der Waals surface area (Å²) in [6, 6.07) is 6.81. The maximum absolute atomic E-state index is 6.13. The van der Waals surface area contributed by atoms with Crippen molar-refractivity contribution in [1.82, 2.24) is 0 Å². The van der Waals surface area contributed by atoms with Crippen molar-refractivity contribution in [1.29, 1.82) is 0 Å². The number of nitrogen functional groups attached to an aromatic ring is 1. The fraction of sp³-hybridized carbons (Fsp3) is 0.571. The van der Waals surface area contributed by atoms with E-state index in [0.29, 0.717) is 6.04 Å². The van der Waals surface area contributed by atoms with Crippen molar-refractivity contribution in [3.63, 3.8) is 0 Å². The highest BCUT2D eigenvalue weighted by Gasteiger charge is 2.21. The lowest BCUT2D eigenvalue weighted by atomic mass is 10.1. The second kappa shape index (κ2) is 5.76. The number of hydrogen-bond donors (Lipinski definition) is 1. The maximum Gasteiger partial charge on any atom is 0.0613 e. The fourth-order valence-corrected chi connectivity index (χ4v) is 3.03. The molecule has 1 heterocycles. The van der Waals surface area contributed by atoms with E-state index < -0.39 is 0 Å². The third-order valence-corrected chi connectivity index (χ3v) is 4.14. The van der Waals surface area contributed by atoms with Crippen molar-refractivity contribution < 1.29 is 0 Å². The van der Waals surface area contributed by atoms with Crippen molar-refractivity contribution in [2.75, 3.05) is 17.2 Å². The average molecular weight is 297 g/mol. The smallest absolute Gasteiger partial charge is 0.0613 e. The van der Waals surface area contributed by atoms with E-state index in [4.69, 9.17) is 5.73 Å². The minimum absolute atomic E-state index is 0.647. The van der Waals surface area contributed by atoms with Crippen LogP contribution >= 0.6 is 15.9 Å². The Balaban J connectivity index is 2.31. The first-order valence-corrected chi connectivity index (χ1v) is 7.33. The molecule has 0 radical (unpaired) electrons. The molecule has 1 unspecified atom stereocenters. The molecule has 2 rings (SSSR count). The summed E-state index contributed by atoms with van der Waals surface area (Å²) < 4.78 is 1.11. The summed E-state index contributed by atoms with van der Waals surface area (Å²) in [5.41, 5.74) is 8.22. The zero-order valence-corrected chi connectivity index (χ0v) is 12.0. The van der Waals surface area contributed by atoms with E-state index in [1.165, 1.54) is 37.8 Å². The second-order valence-electron chi connectivity index (χ2n) is 4.81. The lowest BCUT2D eigenvalue weighted by molar-refractivity contribution is 0.556. The van der Waals surface area contributed by atoms with E-state index >= 15 is 0 Å². The molecule has 1 aromatic carbocycles. The summed E-state index contributed by atoms with van der Waals surface area (Å²) in [5.74, 6) is 0. The van der Waals surface area contributed by atoms with Crippen LogP contribution < -0.4 is 10.6 Å². The molecule has 3 heteroatoms. The van der Waals surface area contributed by atoms with Crippen LogP contribution in [-0.2, 0) is 0 Å². The SMILES string of the molecule is CCC1CCCCCN1c1cc(Br)ccc1N. The zero-order valence-electron chi connectivity index (χ0n) is 10.5. The van der Waals surface area contributed by atoms with Crippen LogP contribution in [0.3, 0.4) is 0 Å². The number of benzene rings is 1. The number of hydrogen-bond acceptors (Lipinski definition) is 2. The zero-order chi connectivity index (χ0) is 12.3. The van der Waals surface area contributed by atoms with Gasteiger partial charge in [-0.25, -0.2) is 0 Å². The molecule has 2 N–H and O–H groups in total. The molecule has 0 amide bonds. The Kier molecular flexibility index (Phi) is 4.32. The maximum atomic E-state index is 6.13. The van der Waals surface area contributed by atoms with Gasteiger partial charge in [0.25, 0.3) is 0 Å². The van der Waals surface area contributed by atoms with Crippen molar-refractivity contribution >= 4 is 27.3 Å². The first-order chi connectivity index (χ1) is 8.22. The van der Waals surface area contributed by atoms with Gasteiger partial charge in [0.2, 0.25) is 0 Å². The summed E-state index contributed by atoms with van der Waals surface area (Å²) in [6.07, 6.45) is 6.47. The lowest BCUT2D eigenvalue weighted by Gasteiger charge is -2.32. The number of rotatable bonds is 2. The summed E-state index contributed by atoms with van der Waals surface area (Å²) in [4.78, 5) is 2.51. The summed E-state index contributed by atoms with van der Waals surface area (Å²) in [5, 5.41) is 0. The molecule has 2 nitrogen and oxygen atoms in total. The van der Waals surface area contributed by atoms with Gasteiger partial charge in [0, 0.05) is 17.1 Å². The lowest BCUT2D eigenvalue weighted by Crippen LogP contribution is -2.34. The molecule has 1 aromatic rings. The number of anilines is 2. The van der Waals surface area contributed by atoms with Gasteiger partial charge in [-0.3, -0.25) is 0 Å². The minimum Gasteiger partial charge on any atom is -0.397 e. The second-order valence-corrected chi connectivity index (χ2v) is 5.72. The van der Waals surface area contributed by atoms with Gasteiger partial charge in [-0.1, -0.05) is 35.7 Å². The van der Waals surface area contributed by atoms with Gasteiger partial charge in [0.05, 0.1) is 11.4 Å². The van der Waals surface area contributed by atoms with Crippen molar-refractivity contribution in [3.8, 4) is 0 Å². The predicted molar refractivity (Wildman–Crippen MR) is 78.4 cm³/mol. The molecule has 0 aliphatic carbocycles. The van der Waals surface area contributed by atoms with Crippen molar-refractivity contribution in [2.45, 2.75) is 45.1 Å². The van der Waals surface area contributed by atoms with Crippen LogP contribution in [0.2, 0.25) is 0 Å². The topological polar surface area (TPSA) is 29.3 Å². The third kappa shape index (κ3) is 2.95. The molecule has 1 fully saturated rings. The molecule has 1 saturated heterocycles. The highest BCUT2D eigenvalue weighted by Crippen LogP contribution is 2.32. The molecule has 1 aliphatic heterocycles. The van der Waals surface area contributed by atoms with E-state index in [1.807, 2.05) is 12.1 Å². The Morgan fingerprint density at radius 3 is 2.94 bits per heavy atom. The van der Waals surface area contributed by atoms with Crippen LogP contribution in [0.5, 0.6) is 0 Å². The third-order valence-electron chi connectivity index (χ3n) is 3.65. The summed E-state index contributed by atoms with van der Waals surface area (Å²) >= 11 is 3.54. The van der Waals surface area contributed by atoms with Gasteiger partial charge >= 0.3 is 0 Å². The van der Waals surface area contributed by atoms with E-state index in [1.54, 1.807) is 0 Å². The number of nitrogens with zero attached hydrogens (tertiary/aromatic N) is 1. The minimum atomic E-state index is 0.647. The van der Waals surface area contributed by atoms with E-state index in [0.717, 1.165) is 16.7 Å². The van der Waals surface area contributed by atoms with Gasteiger partial charge < -0.3 is 10.6 Å². The van der Waals surface area contributed by atoms with Crippen LogP contribution in [0.4, 0.5) is 11.4 Å². The highest BCUT2D eigenvalue weighted by atomic mass is 79.9. The molecular weight excluding hydrogens is 276 g/mol. The van der Waals surface area contributed by atoms with E-state index in [2.05, 4.69) is 33.8 Å². The van der Waals surface area contributed by atoms with E-state index in [-0.39, 0.29) is 0 Å². The van der Waals surface area contributed by atoms with Crippen LogP contribution in [0.15, 0.2) is 22.7 Å². The van der Waals surface area contributed by atoms with Gasteiger partial charge in [-0.15, -0.1) is 0 Å². The standard InChI is InChI=1S/C14H21BrN2/c1-2-12-6-4-3-5-9-17(12)14-10-11(15)7-8-13(14)16/h7-8,10,12H,2-6,9,16H2,1H3. The molecule has 1 aliphatic rings. The van der Waals surface area contributed by atoms with Gasteiger partial charge in [0.15, 0.2) is 0 Å². The predicted octanol–water partition coefficient (Wildman–Crippen LogP) is 4.19. The molecule has 0 bridgehead atoms. The summed E-state index contributed by atoms with van der Waals surface area (Å²) in [7, 11) is 0. The van der Waals surface area contributed by atoms with Crippen LogP contribution in [0.1, 0.15) is 39.0 Å². The average Bonchev–Trinajstić information content (AvgIpc) is 2.57. The molecule has 0 saturated carbocycles.